The molecule has 0 spiro atoms. The van der Waals surface area contributed by atoms with Crippen molar-refractivity contribution in [2.45, 2.75) is 6.54 Å². The molecule has 1 amide bonds. The van der Waals surface area contributed by atoms with E-state index in [9.17, 15) is 18.0 Å². The fraction of sp³-hybridized carbons (Fsp3) is 0.0417. The van der Waals surface area contributed by atoms with Crippen LogP contribution in [0.3, 0.4) is 0 Å². The van der Waals surface area contributed by atoms with Crippen LogP contribution in [0.25, 0.3) is 32.2 Å². The van der Waals surface area contributed by atoms with Crippen molar-refractivity contribution in [3.05, 3.63) is 94.6 Å². The molecule has 0 fully saturated rings. The van der Waals surface area contributed by atoms with E-state index in [0.717, 1.165) is 16.5 Å². The minimum absolute atomic E-state index is 0.0105. The minimum atomic E-state index is -1.51. The molecule has 0 aliphatic heterocycles. The predicted octanol–water partition coefficient (Wildman–Crippen LogP) is 5.89. The lowest BCUT2D eigenvalue weighted by Gasteiger charge is -2.10. The average Bonchev–Trinajstić information content (AvgIpc) is 3.41. The maximum Gasteiger partial charge on any atom is 0.249 e. The van der Waals surface area contributed by atoms with Gasteiger partial charge in [-0.05, 0) is 53.4 Å². The van der Waals surface area contributed by atoms with Crippen LogP contribution >= 0.6 is 11.3 Å². The lowest BCUT2D eigenvalue weighted by Crippen LogP contribution is -2.11. The molecule has 0 saturated heterocycles. The third-order valence-corrected chi connectivity index (χ3v) is 6.23. The van der Waals surface area contributed by atoms with Gasteiger partial charge >= 0.3 is 0 Å². The number of carbonyl (C=O) groups excluding carboxylic acids is 1. The molecular formula is C24H14F3N2OS. The molecule has 153 valence electrons. The molecule has 3 nitrogen and oxygen atoms in total. The molecule has 0 aliphatic rings. The second kappa shape index (κ2) is 7.28. The highest BCUT2D eigenvalue weighted by Crippen LogP contribution is 2.36. The van der Waals surface area contributed by atoms with Crippen molar-refractivity contribution in [1.29, 1.82) is 0 Å². The van der Waals surface area contributed by atoms with E-state index >= 15 is 0 Å². The highest BCUT2D eigenvalue weighted by atomic mass is 32.1. The van der Waals surface area contributed by atoms with Crippen LogP contribution in [0.4, 0.5) is 13.2 Å². The molecule has 2 aromatic heterocycles. The molecule has 3 aromatic carbocycles. The second-order valence-electron chi connectivity index (χ2n) is 7.11. The quantitative estimate of drug-likeness (QED) is 0.352. The van der Waals surface area contributed by atoms with Gasteiger partial charge in [-0.25, -0.2) is 13.2 Å². The fourth-order valence-corrected chi connectivity index (χ4v) is 4.59. The molecule has 0 unspecified atom stereocenters. The number of rotatable bonds is 4. The maximum absolute atomic E-state index is 14.5. The number of hydrogen-bond donors (Lipinski definition) is 1. The molecule has 5 aromatic rings. The van der Waals surface area contributed by atoms with Gasteiger partial charge in [-0.3, -0.25) is 4.79 Å². The molecule has 5 rings (SSSR count). The van der Waals surface area contributed by atoms with Gasteiger partial charge in [-0.2, -0.15) is 0 Å². The maximum atomic E-state index is 14.5. The Kier molecular flexibility index (Phi) is 4.55. The number of nitrogens with zero attached hydrogens (tertiary/aromatic N) is 1. The zero-order valence-corrected chi connectivity index (χ0v) is 16.8. The predicted molar refractivity (Wildman–Crippen MR) is 116 cm³/mol. The van der Waals surface area contributed by atoms with E-state index in [1.165, 1.54) is 6.07 Å². The van der Waals surface area contributed by atoms with E-state index < -0.39 is 23.4 Å². The molecular weight excluding hydrogens is 421 g/mol. The summed E-state index contributed by atoms with van der Waals surface area (Å²) in [6.07, 6.45) is 0. The Hall–Kier alpha value is -3.58. The third-order valence-electron chi connectivity index (χ3n) is 5.31. The van der Waals surface area contributed by atoms with Crippen molar-refractivity contribution in [2.24, 2.45) is 5.73 Å². The first-order chi connectivity index (χ1) is 15.0. The van der Waals surface area contributed by atoms with Crippen molar-refractivity contribution in [2.75, 3.05) is 0 Å². The Labute approximate surface area is 179 Å². The Morgan fingerprint density at radius 1 is 1.03 bits per heavy atom. The Balaban J connectivity index is 1.82. The highest BCUT2D eigenvalue weighted by molar-refractivity contribution is 7.13. The Morgan fingerprint density at radius 2 is 1.87 bits per heavy atom. The number of aromatic nitrogens is 1. The van der Waals surface area contributed by atoms with Gasteiger partial charge in [0.2, 0.25) is 5.91 Å². The number of fused-ring (bicyclic) bond motifs is 3. The highest BCUT2D eigenvalue weighted by Gasteiger charge is 2.20. The van der Waals surface area contributed by atoms with E-state index in [2.05, 4.69) is 6.07 Å². The molecule has 31 heavy (non-hydrogen) atoms. The number of nitrogens with two attached hydrogens (primary N) is 1. The molecule has 7 heteroatoms. The number of amides is 1. The topological polar surface area (TPSA) is 48.0 Å². The largest absolute Gasteiger partial charge is 0.366 e. The van der Waals surface area contributed by atoms with Gasteiger partial charge < -0.3 is 10.3 Å². The van der Waals surface area contributed by atoms with Gasteiger partial charge in [-0.1, -0.05) is 18.2 Å². The number of thiophene rings is 1. The van der Waals surface area contributed by atoms with Crippen molar-refractivity contribution < 1.29 is 18.0 Å². The van der Waals surface area contributed by atoms with E-state index in [4.69, 9.17) is 5.73 Å². The van der Waals surface area contributed by atoms with Crippen LogP contribution in [0.2, 0.25) is 0 Å². The van der Waals surface area contributed by atoms with Gasteiger partial charge in [0.15, 0.2) is 17.5 Å². The van der Waals surface area contributed by atoms with Crippen LogP contribution in [0.5, 0.6) is 0 Å². The fourth-order valence-electron chi connectivity index (χ4n) is 3.87. The summed E-state index contributed by atoms with van der Waals surface area (Å²) in [5.41, 5.74) is 8.09. The molecule has 2 heterocycles. The van der Waals surface area contributed by atoms with Crippen LogP contribution in [-0.2, 0) is 6.54 Å². The third kappa shape index (κ3) is 3.09. The van der Waals surface area contributed by atoms with Crippen molar-refractivity contribution >= 4 is 39.0 Å². The van der Waals surface area contributed by atoms with Gasteiger partial charge in [0, 0.05) is 26.8 Å². The van der Waals surface area contributed by atoms with E-state index in [-0.39, 0.29) is 12.1 Å². The first-order valence-corrected chi connectivity index (χ1v) is 10.3. The standard InChI is InChI=1S/C24H14F3N2OS/c25-17-9-7-14(22(26)23(17)27)12-29-18-4-1-3-16(24(28)30)21(18)15-8-6-13(11-19(15)29)20-5-2-10-31-20/h1-7,9-11H,12H2,(H2,28,30). The first kappa shape index (κ1) is 19.4. The minimum Gasteiger partial charge on any atom is -0.366 e. The molecule has 2 N–H and O–H groups in total. The van der Waals surface area contributed by atoms with Gasteiger partial charge in [0.1, 0.15) is 0 Å². The Morgan fingerprint density at radius 3 is 2.61 bits per heavy atom. The molecule has 0 saturated carbocycles. The number of primary amides is 1. The summed E-state index contributed by atoms with van der Waals surface area (Å²) in [6.45, 7) is -0.0625. The summed E-state index contributed by atoms with van der Waals surface area (Å²) in [7, 11) is 0. The van der Waals surface area contributed by atoms with Crippen molar-refractivity contribution in [3.63, 3.8) is 0 Å². The molecule has 0 bridgehead atoms. The normalized spacial score (nSPS) is 11.5. The van der Waals surface area contributed by atoms with E-state index in [1.807, 2.05) is 29.6 Å². The second-order valence-corrected chi connectivity index (χ2v) is 8.06. The van der Waals surface area contributed by atoms with E-state index in [0.29, 0.717) is 27.4 Å². The van der Waals surface area contributed by atoms with Crippen molar-refractivity contribution in [1.82, 2.24) is 4.57 Å². The van der Waals surface area contributed by atoms with Gasteiger partial charge in [0.05, 0.1) is 17.6 Å². The summed E-state index contributed by atoms with van der Waals surface area (Å²) >= 11 is 1.56. The molecule has 0 atom stereocenters. The SMILES string of the molecule is NC(=O)c1cccc2c1c1[c]cc(-c3cccs3)cc1n2Cc1ccc(F)c(F)c1F. The van der Waals surface area contributed by atoms with Crippen molar-refractivity contribution in [3.8, 4) is 10.4 Å². The van der Waals surface area contributed by atoms with Crippen LogP contribution in [0.15, 0.2) is 60.0 Å². The summed E-state index contributed by atoms with van der Waals surface area (Å²) in [4.78, 5) is 13.1. The van der Waals surface area contributed by atoms with Crippen LogP contribution < -0.4 is 5.73 Å². The summed E-state index contributed by atoms with van der Waals surface area (Å²) in [5, 5.41) is 3.19. The monoisotopic (exact) mass is 435 g/mol. The summed E-state index contributed by atoms with van der Waals surface area (Å²) in [6, 6.07) is 18.1. The van der Waals surface area contributed by atoms with Crippen LogP contribution in [-0.4, -0.2) is 10.5 Å². The van der Waals surface area contributed by atoms with Gasteiger partial charge in [0.25, 0.3) is 0 Å². The van der Waals surface area contributed by atoms with Gasteiger partial charge in [-0.15, -0.1) is 11.3 Å². The molecule has 1 radical (unpaired) electrons. The van der Waals surface area contributed by atoms with Crippen LogP contribution in [0, 0.1) is 23.5 Å². The number of hydrogen-bond acceptors (Lipinski definition) is 2. The lowest BCUT2D eigenvalue weighted by molar-refractivity contribution is 0.100. The Bertz CT molecular complexity index is 1470. The summed E-state index contributed by atoms with van der Waals surface area (Å²) < 4.78 is 43.5. The first-order valence-electron chi connectivity index (χ1n) is 9.38. The smallest absolute Gasteiger partial charge is 0.249 e. The lowest BCUT2D eigenvalue weighted by atomic mass is 10.0. The molecule has 0 aliphatic carbocycles. The number of benzene rings is 3. The zero-order chi connectivity index (χ0) is 21.7. The van der Waals surface area contributed by atoms with E-state index in [1.54, 1.807) is 34.1 Å². The van der Waals surface area contributed by atoms with Crippen LogP contribution in [0.1, 0.15) is 15.9 Å². The average molecular weight is 435 g/mol. The summed E-state index contributed by atoms with van der Waals surface area (Å²) in [5.74, 6) is -4.59. The number of carbonyl (C=O) groups is 1. The number of halogens is 3. The zero-order valence-electron chi connectivity index (χ0n) is 16.0.